The Hall–Kier alpha value is -4.05. The number of nitrogens with zero attached hydrogens (tertiary/aromatic N) is 4. The van der Waals surface area contributed by atoms with Gasteiger partial charge in [0.1, 0.15) is 0 Å². The second kappa shape index (κ2) is 9.90. The summed E-state index contributed by atoms with van der Waals surface area (Å²) < 4.78 is 27.2. The lowest BCUT2D eigenvalue weighted by atomic mass is 9.89. The summed E-state index contributed by atoms with van der Waals surface area (Å²) in [6.07, 6.45) is 3.35. The number of nitrogens with two attached hydrogens (primary N) is 1. The van der Waals surface area contributed by atoms with Crippen LogP contribution in [0.1, 0.15) is 46.1 Å². The van der Waals surface area contributed by atoms with Gasteiger partial charge < -0.3 is 20.5 Å². The highest BCUT2D eigenvalue weighted by atomic mass is 19.1. The molecule has 9 nitrogen and oxygen atoms in total. The fourth-order valence-electron chi connectivity index (χ4n) is 4.61. The molecule has 0 bridgehead atoms. The van der Waals surface area contributed by atoms with Crippen LogP contribution in [-0.2, 0) is 11.8 Å². The predicted molar refractivity (Wildman–Crippen MR) is 133 cm³/mol. The van der Waals surface area contributed by atoms with Gasteiger partial charge in [-0.25, -0.2) is 14.4 Å². The Balaban J connectivity index is 1.72. The number of anilines is 1. The SMILES string of the molecule is COc1ccc([C@H](c2nc(NC3CCOCC3)nc3cc(C(N)=O)ccc23)c2ccnn2C)cc1F. The summed E-state index contributed by atoms with van der Waals surface area (Å²) in [5.74, 6) is -0.915. The van der Waals surface area contributed by atoms with E-state index in [9.17, 15) is 9.18 Å². The van der Waals surface area contributed by atoms with Gasteiger partial charge in [0.25, 0.3) is 0 Å². The number of methoxy groups -OCH3 is 1. The Kier molecular flexibility index (Phi) is 6.51. The summed E-state index contributed by atoms with van der Waals surface area (Å²) in [4.78, 5) is 21.6. The van der Waals surface area contributed by atoms with Gasteiger partial charge >= 0.3 is 0 Å². The van der Waals surface area contributed by atoms with E-state index in [-0.39, 0.29) is 11.8 Å². The molecule has 0 aliphatic carbocycles. The molecule has 3 N–H and O–H groups in total. The van der Waals surface area contributed by atoms with Crippen molar-refractivity contribution in [1.29, 1.82) is 0 Å². The van der Waals surface area contributed by atoms with Crippen LogP contribution in [0.3, 0.4) is 0 Å². The maximum absolute atomic E-state index is 14.9. The first-order valence-corrected chi connectivity index (χ1v) is 11.7. The van der Waals surface area contributed by atoms with Crippen molar-refractivity contribution < 1.29 is 18.7 Å². The minimum atomic E-state index is -0.545. The van der Waals surface area contributed by atoms with Crippen molar-refractivity contribution in [2.24, 2.45) is 12.8 Å². The molecular formula is C26H27FN6O3. The lowest BCUT2D eigenvalue weighted by molar-refractivity contribution is 0.0903. The summed E-state index contributed by atoms with van der Waals surface area (Å²) in [5, 5.41) is 8.49. The summed E-state index contributed by atoms with van der Waals surface area (Å²) in [6.45, 7) is 1.32. The van der Waals surface area contributed by atoms with Crippen LogP contribution in [0.25, 0.3) is 10.9 Å². The van der Waals surface area contributed by atoms with Crippen molar-refractivity contribution in [1.82, 2.24) is 19.7 Å². The predicted octanol–water partition coefficient (Wildman–Crippen LogP) is 3.38. The highest BCUT2D eigenvalue weighted by Gasteiger charge is 2.27. The molecule has 3 heterocycles. The topological polar surface area (TPSA) is 117 Å². The maximum atomic E-state index is 14.9. The van der Waals surface area contributed by atoms with Crippen LogP contribution in [0.5, 0.6) is 5.75 Å². The lowest BCUT2D eigenvalue weighted by Gasteiger charge is -2.25. The molecule has 4 aromatic rings. The molecule has 1 amide bonds. The van der Waals surface area contributed by atoms with Gasteiger partial charge in [0.2, 0.25) is 11.9 Å². The van der Waals surface area contributed by atoms with Crippen LogP contribution >= 0.6 is 0 Å². The monoisotopic (exact) mass is 490 g/mol. The van der Waals surface area contributed by atoms with Crippen LogP contribution in [0, 0.1) is 5.82 Å². The fourth-order valence-corrected chi connectivity index (χ4v) is 4.61. The van der Waals surface area contributed by atoms with Crippen LogP contribution < -0.4 is 15.8 Å². The van der Waals surface area contributed by atoms with Gasteiger partial charge in [0.05, 0.1) is 29.9 Å². The summed E-state index contributed by atoms with van der Waals surface area (Å²) >= 11 is 0. The molecule has 0 saturated carbocycles. The number of hydrogen-bond acceptors (Lipinski definition) is 7. The number of hydrogen-bond donors (Lipinski definition) is 2. The molecule has 2 aromatic carbocycles. The number of amides is 1. The zero-order valence-electron chi connectivity index (χ0n) is 20.1. The largest absolute Gasteiger partial charge is 0.494 e. The number of aromatic nitrogens is 4. The van der Waals surface area contributed by atoms with E-state index in [4.69, 9.17) is 25.2 Å². The molecule has 0 spiro atoms. The molecular weight excluding hydrogens is 463 g/mol. The van der Waals surface area contributed by atoms with Gasteiger partial charge in [-0.05, 0) is 48.7 Å². The van der Waals surface area contributed by atoms with Crippen LogP contribution in [0.2, 0.25) is 0 Å². The molecule has 0 radical (unpaired) electrons. The number of benzene rings is 2. The molecule has 0 unspecified atom stereocenters. The average Bonchev–Trinajstić information content (AvgIpc) is 3.29. The fraction of sp³-hybridized carbons (Fsp3) is 0.308. The van der Waals surface area contributed by atoms with E-state index in [0.29, 0.717) is 41.5 Å². The van der Waals surface area contributed by atoms with E-state index in [1.54, 1.807) is 35.1 Å². The van der Waals surface area contributed by atoms with Gasteiger partial charge in [-0.3, -0.25) is 9.48 Å². The van der Waals surface area contributed by atoms with Crippen molar-refractivity contribution in [3.05, 3.63) is 77.0 Å². The lowest BCUT2D eigenvalue weighted by Crippen LogP contribution is -2.29. The number of fused-ring (bicyclic) bond motifs is 1. The molecule has 186 valence electrons. The number of carbonyl (C=O) groups excluding carboxylic acids is 1. The first kappa shape index (κ1) is 23.7. The average molecular weight is 491 g/mol. The number of rotatable bonds is 7. The maximum Gasteiger partial charge on any atom is 0.248 e. The third-order valence-electron chi connectivity index (χ3n) is 6.50. The quantitative estimate of drug-likeness (QED) is 0.408. The van der Waals surface area contributed by atoms with Crippen molar-refractivity contribution in [2.45, 2.75) is 24.8 Å². The Morgan fingerprint density at radius 1 is 1.19 bits per heavy atom. The second-order valence-corrected chi connectivity index (χ2v) is 8.77. The number of aryl methyl sites for hydroxylation is 1. The number of carbonyl (C=O) groups is 1. The molecule has 1 aliphatic heterocycles. The van der Waals surface area contributed by atoms with E-state index < -0.39 is 17.6 Å². The number of ether oxygens (including phenoxy) is 2. The first-order valence-electron chi connectivity index (χ1n) is 11.7. The smallest absolute Gasteiger partial charge is 0.248 e. The molecule has 5 rings (SSSR count). The van der Waals surface area contributed by atoms with E-state index in [1.807, 2.05) is 19.2 Å². The Bertz CT molecular complexity index is 1420. The van der Waals surface area contributed by atoms with Crippen LogP contribution in [-0.4, -0.2) is 52.0 Å². The zero-order valence-corrected chi connectivity index (χ0v) is 20.1. The Morgan fingerprint density at radius 2 is 2.00 bits per heavy atom. The summed E-state index contributed by atoms with van der Waals surface area (Å²) in [5.41, 5.74) is 8.59. The van der Waals surface area contributed by atoms with Gasteiger partial charge in [0.15, 0.2) is 11.6 Å². The van der Waals surface area contributed by atoms with Crippen LogP contribution in [0.4, 0.5) is 10.3 Å². The molecule has 1 atom stereocenters. The van der Waals surface area contributed by atoms with Crippen molar-refractivity contribution >= 4 is 22.8 Å². The summed E-state index contributed by atoms with van der Waals surface area (Å²) in [7, 11) is 3.26. The molecule has 36 heavy (non-hydrogen) atoms. The molecule has 10 heteroatoms. The van der Waals surface area contributed by atoms with Crippen molar-refractivity contribution in [2.75, 3.05) is 25.6 Å². The van der Waals surface area contributed by atoms with Crippen molar-refractivity contribution in [3.8, 4) is 5.75 Å². The van der Waals surface area contributed by atoms with Crippen LogP contribution in [0.15, 0.2) is 48.7 Å². The minimum Gasteiger partial charge on any atom is -0.494 e. The molecule has 1 fully saturated rings. The minimum absolute atomic E-state index is 0.150. The first-order chi connectivity index (χ1) is 17.4. The van der Waals surface area contributed by atoms with Gasteiger partial charge in [0, 0.05) is 43.4 Å². The highest BCUT2D eigenvalue weighted by molar-refractivity contribution is 5.97. The van der Waals surface area contributed by atoms with Crippen molar-refractivity contribution in [3.63, 3.8) is 0 Å². The van der Waals surface area contributed by atoms with E-state index in [1.165, 1.54) is 13.2 Å². The van der Waals surface area contributed by atoms with Gasteiger partial charge in [-0.15, -0.1) is 0 Å². The highest BCUT2D eigenvalue weighted by Crippen LogP contribution is 2.37. The number of halogens is 1. The third-order valence-corrected chi connectivity index (χ3v) is 6.50. The zero-order chi connectivity index (χ0) is 25.2. The van der Waals surface area contributed by atoms with E-state index in [2.05, 4.69) is 10.4 Å². The second-order valence-electron chi connectivity index (χ2n) is 8.77. The Morgan fingerprint density at radius 3 is 2.67 bits per heavy atom. The van der Waals surface area contributed by atoms with Gasteiger partial charge in [-0.2, -0.15) is 5.10 Å². The third kappa shape index (κ3) is 4.59. The summed E-state index contributed by atoms with van der Waals surface area (Å²) in [6, 6.07) is 12.0. The Labute approximate surface area is 207 Å². The molecule has 2 aromatic heterocycles. The normalized spacial score (nSPS) is 15.1. The molecule has 1 aliphatic rings. The van der Waals surface area contributed by atoms with Gasteiger partial charge in [-0.1, -0.05) is 12.1 Å². The van der Waals surface area contributed by atoms with E-state index in [0.717, 1.165) is 23.9 Å². The standard InChI is InChI=1S/C26H27FN6O3/c1-33-21(7-10-29-33)23(15-4-6-22(35-2)19(27)13-15)24-18-5-3-16(25(28)34)14-20(18)31-26(32-24)30-17-8-11-36-12-9-17/h3-7,10,13-14,17,23H,8-9,11-12H2,1-2H3,(H2,28,34)(H,30,31,32)/t23-/m0/s1. The number of primary amides is 1. The number of nitrogens with one attached hydrogen (secondary N) is 1. The molecule has 1 saturated heterocycles. The van der Waals surface area contributed by atoms with E-state index >= 15 is 0 Å².